The molecule has 0 atom stereocenters. The van der Waals surface area contributed by atoms with Crippen LogP contribution in [0, 0.1) is 16.2 Å². The monoisotopic (exact) mass is 254 g/mol. The molecule has 19 heavy (non-hydrogen) atoms. The Balaban J connectivity index is 2.56. The third-order valence-electron chi connectivity index (χ3n) is 3.11. The van der Waals surface area contributed by atoms with Crippen LogP contribution in [0.1, 0.15) is 25.3 Å². The van der Waals surface area contributed by atoms with Crippen molar-refractivity contribution >= 4 is 5.69 Å². The molecular weight excluding hydrogens is 238 g/mol. The summed E-state index contributed by atoms with van der Waals surface area (Å²) in [6.07, 6.45) is 2.96. The van der Waals surface area contributed by atoms with Crippen LogP contribution in [0.15, 0.2) is 42.5 Å². The highest BCUT2D eigenvalue weighted by molar-refractivity contribution is 5.76. The van der Waals surface area contributed by atoms with Gasteiger partial charge in [-0.15, -0.1) is 0 Å². The minimum atomic E-state index is -0.349. The summed E-state index contributed by atoms with van der Waals surface area (Å²) in [5, 5.41) is 11.2. The van der Waals surface area contributed by atoms with Crippen molar-refractivity contribution in [2.75, 3.05) is 0 Å². The first-order chi connectivity index (χ1) is 9.24. The summed E-state index contributed by atoms with van der Waals surface area (Å²) in [5.74, 6) is 0. The van der Waals surface area contributed by atoms with Gasteiger partial charge in [0.2, 0.25) is 0 Å². The van der Waals surface area contributed by atoms with Crippen molar-refractivity contribution in [3.8, 4) is 11.1 Å². The molecule has 0 heterocycles. The summed E-state index contributed by atoms with van der Waals surface area (Å²) in [5.41, 5.74) is 2.69. The molecule has 2 aromatic rings. The maximum absolute atomic E-state index is 11.2. The molecule has 0 aliphatic heterocycles. The lowest BCUT2D eigenvalue weighted by atomic mass is 9.94. The van der Waals surface area contributed by atoms with E-state index in [0.717, 1.165) is 30.4 Å². The van der Waals surface area contributed by atoms with Crippen molar-refractivity contribution < 1.29 is 4.92 Å². The van der Waals surface area contributed by atoms with Gasteiger partial charge in [0, 0.05) is 0 Å². The minimum Gasteiger partial charge on any atom is -0.258 e. The van der Waals surface area contributed by atoms with Gasteiger partial charge in [-0.25, -0.2) is 0 Å². The largest absolute Gasteiger partial charge is 0.285 e. The maximum atomic E-state index is 11.2. The smallest absolute Gasteiger partial charge is 0.258 e. The van der Waals surface area contributed by atoms with Crippen LogP contribution in [0.25, 0.3) is 11.1 Å². The second-order valence-corrected chi connectivity index (χ2v) is 4.45. The highest BCUT2D eigenvalue weighted by atomic mass is 16.6. The van der Waals surface area contributed by atoms with Gasteiger partial charge < -0.3 is 0 Å². The maximum Gasteiger partial charge on any atom is 0.285 e. The van der Waals surface area contributed by atoms with Gasteiger partial charge in [-0.1, -0.05) is 49.7 Å². The first-order valence-electron chi connectivity index (χ1n) is 6.47. The Kier molecular flexibility index (Phi) is 4.29. The third-order valence-corrected chi connectivity index (χ3v) is 3.11. The Morgan fingerprint density at radius 1 is 1.21 bits per heavy atom. The Hall–Kier alpha value is -2.16. The van der Waals surface area contributed by atoms with E-state index in [1.54, 1.807) is 6.07 Å². The van der Waals surface area contributed by atoms with E-state index in [2.05, 4.69) is 13.0 Å². The number of benzene rings is 2. The predicted octanol–water partition coefficient (Wildman–Crippen LogP) is 4.40. The fourth-order valence-corrected chi connectivity index (χ4v) is 2.18. The van der Waals surface area contributed by atoms with Crippen LogP contribution in [0.3, 0.4) is 0 Å². The molecule has 0 unspecified atom stereocenters. The first kappa shape index (κ1) is 13.3. The second-order valence-electron chi connectivity index (χ2n) is 4.45. The molecule has 0 aliphatic rings. The molecular formula is C16H16NO2. The summed E-state index contributed by atoms with van der Waals surface area (Å²) in [6, 6.07) is 15.9. The summed E-state index contributed by atoms with van der Waals surface area (Å²) >= 11 is 0. The van der Waals surface area contributed by atoms with E-state index >= 15 is 0 Å². The quantitative estimate of drug-likeness (QED) is 0.586. The lowest BCUT2D eigenvalue weighted by Gasteiger charge is -2.09. The lowest BCUT2D eigenvalue weighted by molar-refractivity contribution is -0.384. The van der Waals surface area contributed by atoms with Crippen LogP contribution in [-0.4, -0.2) is 4.92 Å². The van der Waals surface area contributed by atoms with Crippen molar-refractivity contribution in [2.24, 2.45) is 0 Å². The normalized spacial score (nSPS) is 10.4. The summed E-state index contributed by atoms with van der Waals surface area (Å²) in [7, 11) is 0. The lowest BCUT2D eigenvalue weighted by Crippen LogP contribution is -1.97. The molecule has 0 amide bonds. The number of hydrogen-bond acceptors (Lipinski definition) is 2. The molecule has 0 N–H and O–H groups in total. The number of aryl methyl sites for hydroxylation is 1. The molecule has 0 fully saturated rings. The summed E-state index contributed by atoms with van der Waals surface area (Å²) in [4.78, 5) is 10.8. The topological polar surface area (TPSA) is 43.1 Å². The van der Waals surface area contributed by atoms with Gasteiger partial charge in [0.05, 0.1) is 16.6 Å². The molecule has 97 valence electrons. The number of hydrogen-bond donors (Lipinski definition) is 0. The zero-order valence-electron chi connectivity index (χ0n) is 10.9. The van der Waals surface area contributed by atoms with E-state index in [0.29, 0.717) is 5.56 Å². The van der Waals surface area contributed by atoms with Crippen LogP contribution in [-0.2, 0) is 6.42 Å². The fraction of sp³-hybridized carbons (Fsp3) is 0.250. The van der Waals surface area contributed by atoms with Crippen molar-refractivity contribution in [3.63, 3.8) is 0 Å². The Labute approximate surface area is 113 Å². The summed E-state index contributed by atoms with van der Waals surface area (Å²) in [6.45, 7) is 2.12. The SMILES string of the molecule is CCCCc1cc[c]c([N+](=O)[O-])c1-c1ccccc1. The van der Waals surface area contributed by atoms with Gasteiger partial charge in [-0.2, -0.15) is 0 Å². The summed E-state index contributed by atoms with van der Waals surface area (Å²) < 4.78 is 0. The molecule has 0 saturated carbocycles. The van der Waals surface area contributed by atoms with Crippen molar-refractivity contribution in [2.45, 2.75) is 26.2 Å². The molecule has 0 bridgehead atoms. The Morgan fingerprint density at radius 2 is 1.95 bits per heavy atom. The molecule has 2 rings (SSSR count). The Bertz CT molecular complexity index is 564. The van der Waals surface area contributed by atoms with E-state index in [1.807, 2.05) is 36.4 Å². The van der Waals surface area contributed by atoms with Crippen LogP contribution in [0.4, 0.5) is 5.69 Å². The van der Waals surface area contributed by atoms with E-state index in [9.17, 15) is 10.1 Å². The average Bonchev–Trinajstić information content (AvgIpc) is 2.45. The fourth-order valence-electron chi connectivity index (χ4n) is 2.18. The van der Waals surface area contributed by atoms with Gasteiger partial charge in [0.15, 0.2) is 0 Å². The van der Waals surface area contributed by atoms with E-state index in [4.69, 9.17) is 0 Å². The van der Waals surface area contributed by atoms with Crippen LogP contribution in [0.2, 0.25) is 0 Å². The minimum absolute atomic E-state index is 0.0693. The highest BCUT2D eigenvalue weighted by Crippen LogP contribution is 2.33. The van der Waals surface area contributed by atoms with Gasteiger partial charge in [0.25, 0.3) is 5.69 Å². The van der Waals surface area contributed by atoms with Crippen LogP contribution >= 0.6 is 0 Å². The van der Waals surface area contributed by atoms with E-state index in [-0.39, 0.29) is 10.6 Å². The van der Waals surface area contributed by atoms with Crippen molar-refractivity contribution in [3.05, 3.63) is 64.2 Å². The average molecular weight is 254 g/mol. The predicted molar refractivity (Wildman–Crippen MR) is 76.0 cm³/mol. The molecule has 0 aromatic heterocycles. The zero-order valence-corrected chi connectivity index (χ0v) is 10.9. The first-order valence-corrected chi connectivity index (χ1v) is 6.47. The third kappa shape index (κ3) is 2.99. The highest BCUT2D eigenvalue weighted by Gasteiger charge is 2.18. The number of nitrogens with zero attached hydrogens (tertiary/aromatic N) is 1. The zero-order chi connectivity index (χ0) is 13.7. The molecule has 0 aliphatic carbocycles. The molecule has 0 spiro atoms. The molecule has 1 radical (unpaired) electrons. The number of unbranched alkanes of at least 4 members (excludes halogenated alkanes) is 1. The van der Waals surface area contributed by atoms with E-state index < -0.39 is 0 Å². The van der Waals surface area contributed by atoms with Gasteiger partial charge in [-0.3, -0.25) is 10.1 Å². The van der Waals surface area contributed by atoms with Gasteiger partial charge in [0.1, 0.15) is 0 Å². The number of nitro benzene ring substituents is 1. The molecule has 2 aromatic carbocycles. The Morgan fingerprint density at radius 3 is 2.58 bits per heavy atom. The standard InChI is InChI=1S/C16H16NO2/c1-2-3-8-13-11-7-12-15(17(18)19)16(13)14-9-5-4-6-10-14/h4-7,9-11H,2-3,8H2,1H3. The van der Waals surface area contributed by atoms with Crippen LogP contribution in [0.5, 0.6) is 0 Å². The number of rotatable bonds is 5. The van der Waals surface area contributed by atoms with Crippen LogP contribution < -0.4 is 0 Å². The molecule has 0 saturated heterocycles. The second kappa shape index (κ2) is 6.14. The van der Waals surface area contributed by atoms with Crippen molar-refractivity contribution in [1.82, 2.24) is 0 Å². The van der Waals surface area contributed by atoms with Crippen molar-refractivity contribution in [1.29, 1.82) is 0 Å². The van der Waals surface area contributed by atoms with E-state index in [1.165, 1.54) is 0 Å². The number of nitro groups is 1. The molecule has 3 heteroatoms. The van der Waals surface area contributed by atoms with Gasteiger partial charge in [-0.05, 0) is 30.0 Å². The van der Waals surface area contributed by atoms with Gasteiger partial charge >= 0.3 is 0 Å². The molecule has 3 nitrogen and oxygen atoms in total.